The average molecular weight is 432 g/mol. The second kappa shape index (κ2) is 9.78. The number of nitrogens with one attached hydrogen (secondary N) is 1. The largest absolute Gasteiger partial charge is 0.489 e. The third-order valence-corrected chi connectivity index (χ3v) is 4.80. The summed E-state index contributed by atoms with van der Waals surface area (Å²) >= 11 is 0. The number of carbonyl (C=O) groups excluding carboxylic acids is 1. The Morgan fingerprint density at radius 1 is 1.00 bits per heavy atom. The number of halogens is 1. The van der Waals surface area contributed by atoms with E-state index in [1.54, 1.807) is 6.07 Å². The van der Waals surface area contributed by atoms with Gasteiger partial charge in [-0.25, -0.2) is 9.18 Å². The summed E-state index contributed by atoms with van der Waals surface area (Å²) in [6.07, 6.45) is -0.676. The molecule has 0 saturated carbocycles. The zero-order valence-corrected chi connectivity index (χ0v) is 17.4. The molecule has 0 bridgehead atoms. The highest BCUT2D eigenvalue weighted by Gasteiger charge is 2.10. The van der Waals surface area contributed by atoms with Gasteiger partial charge in [0.1, 0.15) is 23.9 Å². The predicted octanol–water partition coefficient (Wildman–Crippen LogP) is 6.12. The van der Waals surface area contributed by atoms with Gasteiger partial charge in [-0.15, -0.1) is 0 Å². The van der Waals surface area contributed by atoms with Crippen molar-refractivity contribution in [3.63, 3.8) is 0 Å². The van der Waals surface area contributed by atoms with E-state index in [4.69, 9.17) is 14.0 Å². The number of amides is 1. The summed E-state index contributed by atoms with van der Waals surface area (Å²) in [5.74, 6) is 0.764. The number of aromatic nitrogens is 1. The lowest BCUT2D eigenvalue weighted by Gasteiger charge is -2.08. The Morgan fingerprint density at radius 2 is 1.75 bits per heavy atom. The molecule has 7 heteroatoms. The second-order valence-electron chi connectivity index (χ2n) is 7.13. The molecule has 4 aromatic rings. The van der Waals surface area contributed by atoms with E-state index in [0.717, 1.165) is 16.9 Å². The van der Waals surface area contributed by atoms with Crippen LogP contribution in [0.15, 0.2) is 83.4 Å². The molecule has 1 aromatic heterocycles. The van der Waals surface area contributed by atoms with E-state index in [9.17, 15) is 9.18 Å². The normalized spacial score (nSPS) is 10.6. The van der Waals surface area contributed by atoms with Crippen LogP contribution < -0.4 is 10.1 Å². The van der Waals surface area contributed by atoms with Crippen molar-refractivity contribution < 1.29 is 23.2 Å². The summed E-state index contributed by atoms with van der Waals surface area (Å²) < 4.78 is 29.1. The van der Waals surface area contributed by atoms with E-state index in [1.165, 1.54) is 29.8 Å². The van der Waals surface area contributed by atoms with Gasteiger partial charge in [-0.1, -0.05) is 29.4 Å². The van der Waals surface area contributed by atoms with Gasteiger partial charge in [0.2, 0.25) is 0 Å². The molecule has 32 heavy (non-hydrogen) atoms. The average Bonchev–Trinajstić information content (AvgIpc) is 3.28. The van der Waals surface area contributed by atoms with Gasteiger partial charge in [-0.3, -0.25) is 5.32 Å². The molecule has 4 rings (SSSR count). The summed E-state index contributed by atoms with van der Waals surface area (Å²) in [7, 11) is 0. The Balaban J connectivity index is 1.29. The smallest absolute Gasteiger partial charge is 0.412 e. The topological polar surface area (TPSA) is 73.6 Å². The first-order valence-electron chi connectivity index (χ1n) is 9.99. The van der Waals surface area contributed by atoms with E-state index in [2.05, 4.69) is 23.5 Å². The van der Waals surface area contributed by atoms with Crippen molar-refractivity contribution in [2.45, 2.75) is 20.1 Å². The van der Waals surface area contributed by atoms with Crippen LogP contribution in [0.3, 0.4) is 0 Å². The van der Waals surface area contributed by atoms with Crippen molar-refractivity contribution >= 4 is 11.8 Å². The quantitative estimate of drug-likeness (QED) is 0.381. The fourth-order valence-electron chi connectivity index (χ4n) is 3.00. The third-order valence-electron chi connectivity index (χ3n) is 4.80. The van der Waals surface area contributed by atoms with Crippen molar-refractivity contribution in [3.05, 3.63) is 102 Å². The first kappa shape index (κ1) is 21.1. The van der Waals surface area contributed by atoms with E-state index >= 15 is 0 Å². The molecule has 0 aliphatic carbocycles. The van der Waals surface area contributed by atoms with Crippen LogP contribution in [0.4, 0.5) is 14.9 Å². The number of nitrogens with zero attached hydrogens (tertiary/aromatic N) is 1. The number of hydrogen-bond acceptors (Lipinski definition) is 5. The fourth-order valence-corrected chi connectivity index (χ4v) is 3.00. The van der Waals surface area contributed by atoms with Gasteiger partial charge >= 0.3 is 6.09 Å². The highest BCUT2D eigenvalue weighted by molar-refractivity contribution is 5.84. The van der Waals surface area contributed by atoms with Crippen LogP contribution in [0.5, 0.6) is 5.75 Å². The molecule has 3 aromatic carbocycles. The van der Waals surface area contributed by atoms with Crippen LogP contribution in [0.25, 0.3) is 11.3 Å². The van der Waals surface area contributed by atoms with Gasteiger partial charge in [0, 0.05) is 17.3 Å². The number of carbonyl (C=O) groups is 1. The first-order valence-corrected chi connectivity index (χ1v) is 9.99. The molecule has 1 amide bonds. The minimum absolute atomic E-state index is 0.0857. The Bertz CT molecular complexity index is 1190. The summed E-state index contributed by atoms with van der Waals surface area (Å²) in [5, 5.41) is 6.53. The zero-order valence-electron chi connectivity index (χ0n) is 17.4. The minimum atomic E-state index is -0.676. The highest BCUT2D eigenvalue weighted by Crippen LogP contribution is 2.23. The van der Waals surface area contributed by atoms with Crippen LogP contribution in [0.1, 0.15) is 16.9 Å². The van der Waals surface area contributed by atoms with E-state index < -0.39 is 6.09 Å². The Labute approximate surface area is 184 Å². The molecule has 0 fully saturated rings. The number of anilines is 1. The molecule has 162 valence electrons. The Kier molecular flexibility index (Phi) is 6.46. The fraction of sp³-hybridized carbons (Fsp3) is 0.120. The maximum absolute atomic E-state index is 12.9. The van der Waals surface area contributed by atoms with Gasteiger partial charge in [0.25, 0.3) is 0 Å². The maximum atomic E-state index is 12.9. The lowest BCUT2D eigenvalue weighted by molar-refractivity contribution is 0.142. The molecule has 0 spiro atoms. The Hall–Kier alpha value is -4.13. The second-order valence-corrected chi connectivity index (χ2v) is 7.13. The third kappa shape index (κ3) is 5.51. The Morgan fingerprint density at radius 3 is 2.50 bits per heavy atom. The molecule has 0 aliphatic heterocycles. The van der Waals surface area contributed by atoms with Crippen LogP contribution in [0, 0.1) is 12.7 Å². The summed E-state index contributed by atoms with van der Waals surface area (Å²) in [4.78, 5) is 11.9. The molecule has 1 N–H and O–H groups in total. The summed E-state index contributed by atoms with van der Waals surface area (Å²) in [6, 6.07) is 22.7. The van der Waals surface area contributed by atoms with E-state index in [1.807, 2.05) is 42.5 Å². The number of benzene rings is 3. The molecule has 0 radical (unpaired) electrons. The molecule has 6 nitrogen and oxygen atoms in total. The van der Waals surface area contributed by atoms with Crippen LogP contribution in [-0.4, -0.2) is 11.2 Å². The minimum Gasteiger partial charge on any atom is -0.489 e. The summed E-state index contributed by atoms with van der Waals surface area (Å²) in [6.45, 7) is 2.47. The summed E-state index contributed by atoms with van der Waals surface area (Å²) in [5.41, 5.74) is 4.22. The molecule has 0 saturated heterocycles. The van der Waals surface area contributed by atoms with E-state index in [-0.39, 0.29) is 12.4 Å². The molecule has 0 aliphatic rings. The van der Waals surface area contributed by atoms with Crippen molar-refractivity contribution in [1.82, 2.24) is 5.16 Å². The molecular formula is C25H21FN2O4. The molecule has 0 atom stereocenters. The van der Waals surface area contributed by atoms with Gasteiger partial charge in [-0.2, -0.15) is 0 Å². The van der Waals surface area contributed by atoms with Gasteiger partial charge in [-0.05, 0) is 66.6 Å². The first-order chi connectivity index (χ1) is 15.6. The predicted molar refractivity (Wildman–Crippen MR) is 118 cm³/mol. The molecule has 1 heterocycles. The standard InChI is InChI=1S/C25H21FN2O4/c1-17-4-2-3-5-19(17)15-30-22-12-6-18(7-13-22)24-14-23(32-28-24)16-31-25(29)27-21-10-8-20(26)9-11-21/h2-14H,15-16H2,1H3,(H,27,29). The monoisotopic (exact) mass is 432 g/mol. The SMILES string of the molecule is Cc1ccccc1COc1ccc(-c2cc(COC(=O)Nc3ccc(F)cc3)on2)cc1. The van der Waals surface area contributed by atoms with Gasteiger partial charge < -0.3 is 14.0 Å². The van der Waals surface area contributed by atoms with Crippen LogP contribution in [0.2, 0.25) is 0 Å². The number of hydrogen-bond donors (Lipinski definition) is 1. The maximum Gasteiger partial charge on any atom is 0.412 e. The van der Waals surface area contributed by atoms with Crippen LogP contribution in [-0.2, 0) is 18.0 Å². The van der Waals surface area contributed by atoms with Gasteiger partial charge in [0.15, 0.2) is 12.4 Å². The number of ether oxygens (including phenoxy) is 2. The van der Waals surface area contributed by atoms with Crippen molar-refractivity contribution in [2.75, 3.05) is 5.32 Å². The number of aryl methyl sites for hydroxylation is 1. The van der Waals surface area contributed by atoms with Crippen LogP contribution >= 0.6 is 0 Å². The van der Waals surface area contributed by atoms with Crippen molar-refractivity contribution in [1.29, 1.82) is 0 Å². The lowest BCUT2D eigenvalue weighted by atomic mass is 10.1. The zero-order chi connectivity index (χ0) is 22.3. The van der Waals surface area contributed by atoms with Crippen molar-refractivity contribution in [3.8, 4) is 17.0 Å². The van der Waals surface area contributed by atoms with E-state index in [0.29, 0.717) is 23.7 Å². The van der Waals surface area contributed by atoms with Gasteiger partial charge in [0.05, 0.1) is 0 Å². The molecule has 0 unspecified atom stereocenters. The van der Waals surface area contributed by atoms with Crippen molar-refractivity contribution in [2.24, 2.45) is 0 Å². The molecular weight excluding hydrogens is 411 g/mol. The lowest BCUT2D eigenvalue weighted by Crippen LogP contribution is -2.13. The number of rotatable bonds is 7. The highest BCUT2D eigenvalue weighted by atomic mass is 19.1.